The van der Waals surface area contributed by atoms with Crippen molar-refractivity contribution >= 4 is 8.56 Å². The van der Waals surface area contributed by atoms with Gasteiger partial charge in [-0.05, 0) is 30.7 Å². The third-order valence-corrected chi connectivity index (χ3v) is 8.61. The molecule has 0 aromatic heterocycles. The highest BCUT2D eigenvalue weighted by atomic mass is 28.4. The first kappa shape index (κ1) is 14.2. The van der Waals surface area contributed by atoms with E-state index in [-0.39, 0.29) is 0 Å². The highest BCUT2D eigenvalue weighted by molar-refractivity contribution is 6.69. The van der Waals surface area contributed by atoms with Crippen LogP contribution in [0.1, 0.15) is 46.5 Å². The summed E-state index contributed by atoms with van der Waals surface area (Å²) in [7, 11) is 1.78. The summed E-state index contributed by atoms with van der Waals surface area (Å²) in [5.74, 6) is 1.57. The quantitative estimate of drug-likeness (QED) is 0.682. The molecule has 1 saturated carbocycles. The van der Waals surface area contributed by atoms with Crippen LogP contribution in [0.4, 0.5) is 0 Å². The van der Waals surface area contributed by atoms with E-state index in [1.807, 2.05) is 14.2 Å². The molecule has 0 aliphatic heterocycles. The van der Waals surface area contributed by atoms with Crippen LogP contribution in [0.25, 0.3) is 0 Å². The molecule has 16 heavy (non-hydrogen) atoms. The van der Waals surface area contributed by atoms with Crippen LogP contribution >= 0.6 is 0 Å². The molecule has 0 bridgehead atoms. The minimum Gasteiger partial charge on any atom is -0.397 e. The van der Waals surface area contributed by atoms with Crippen molar-refractivity contribution in [1.82, 2.24) is 0 Å². The van der Waals surface area contributed by atoms with E-state index >= 15 is 0 Å². The lowest BCUT2D eigenvalue weighted by Crippen LogP contribution is -2.47. The van der Waals surface area contributed by atoms with E-state index < -0.39 is 8.56 Å². The number of hydrogen-bond acceptors (Lipinski definition) is 2. The zero-order valence-corrected chi connectivity index (χ0v) is 12.6. The van der Waals surface area contributed by atoms with E-state index in [0.717, 1.165) is 12.0 Å². The molecule has 0 amide bonds. The summed E-state index contributed by atoms with van der Waals surface area (Å²) in [6.45, 7) is 6.90. The lowest BCUT2D eigenvalue weighted by molar-refractivity contribution is 0.204. The van der Waals surface area contributed by atoms with Crippen molar-refractivity contribution in [1.29, 1.82) is 0 Å². The Hall–Kier alpha value is 0.137. The Kier molecular flexibility index (Phi) is 5.48. The van der Waals surface area contributed by atoms with Gasteiger partial charge in [0.2, 0.25) is 0 Å². The van der Waals surface area contributed by atoms with Gasteiger partial charge in [0.05, 0.1) is 0 Å². The summed E-state index contributed by atoms with van der Waals surface area (Å²) in [5.41, 5.74) is 0.709. The largest absolute Gasteiger partial charge is 0.397 e. The van der Waals surface area contributed by atoms with Crippen molar-refractivity contribution < 1.29 is 8.85 Å². The average Bonchev–Trinajstić information content (AvgIpc) is 2.27. The topological polar surface area (TPSA) is 18.5 Å². The van der Waals surface area contributed by atoms with E-state index in [4.69, 9.17) is 8.85 Å². The van der Waals surface area contributed by atoms with E-state index in [1.54, 1.807) is 0 Å². The summed E-state index contributed by atoms with van der Waals surface area (Å²) < 4.78 is 11.8. The lowest BCUT2D eigenvalue weighted by Gasteiger charge is -2.39. The van der Waals surface area contributed by atoms with Crippen LogP contribution in [0.3, 0.4) is 0 Å². The van der Waals surface area contributed by atoms with Crippen LogP contribution in [0.5, 0.6) is 0 Å². The minimum absolute atomic E-state index is 0.672. The molecule has 0 unspecified atom stereocenters. The van der Waals surface area contributed by atoms with Gasteiger partial charge in [0.25, 0.3) is 0 Å². The van der Waals surface area contributed by atoms with Crippen LogP contribution in [0, 0.1) is 11.8 Å². The maximum atomic E-state index is 5.89. The van der Waals surface area contributed by atoms with Crippen molar-refractivity contribution in [2.45, 2.75) is 58.0 Å². The first-order chi connectivity index (χ1) is 7.54. The van der Waals surface area contributed by atoms with Gasteiger partial charge in [-0.1, -0.05) is 33.6 Å². The molecule has 0 aromatic rings. The van der Waals surface area contributed by atoms with E-state index in [0.29, 0.717) is 11.5 Å². The Morgan fingerprint density at radius 1 is 1.06 bits per heavy atom. The Morgan fingerprint density at radius 2 is 1.56 bits per heavy atom. The fourth-order valence-corrected chi connectivity index (χ4v) is 6.87. The van der Waals surface area contributed by atoms with Crippen LogP contribution in [0.2, 0.25) is 11.6 Å². The Balaban J connectivity index is 2.68. The summed E-state index contributed by atoms with van der Waals surface area (Å²) >= 11 is 0. The highest BCUT2D eigenvalue weighted by Gasteiger charge is 2.45. The Labute approximate surface area is 102 Å². The summed E-state index contributed by atoms with van der Waals surface area (Å²) in [6, 6.07) is 1.14. The van der Waals surface area contributed by atoms with E-state index in [2.05, 4.69) is 20.8 Å². The third kappa shape index (κ3) is 3.31. The Morgan fingerprint density at radius 3 is 1.94 bits per heavy atom. The summed E-state index contributed by atoms with van der Waals surface area (Å²) in [4.78, 5) is 0. The fraction of sp³-hybridized carbons (Fsp3) is 1.00. The molecule has 1 aliphatic rings. The predicted molar refractivity (Wildman–Crippen MR) is 70.8 cm³/mol. The molecule has 3 heteroatoms. The molecule has 0 saturated heterocycles. The number of hydrogen-bond donors (Lipinski definition) is 0. The molecule has 0 aromatic carbocycles. The summed E-state index contributed by atoms with van der Waals surface area (Å²) in [5, 5.41) is 0. The normalized spacial score (nSPS) is 27.4. The monoisotopic (exact) mass is 244 g/mol. The molecule has 1 aliphatic carbocycles. The second-order valence-electron chi connectivity index (χ2n) is 5.77. The smallest absolute Gasteiger partial charge is 0.341 e. The van der Waals surface area contributed by atoms with Gasteiger partial charge in [0.15, 0.2) is 0 Å². The molecule has 0 heterocycles. The van der Waals surface area contributed by atoms with Gasteiger partial charge in [0.1, 0.15) is 0 Å². The number of rotatable bonds is 5. The second-order valence-corrected chi connectivity index (χ2v) is 9.44. The molecule has 0 spiro atoms. The van der Waals surface area contributed by atoms with Crippen LogP contribution < -0.4 is 0 Å². The summed E-state index contributed by atoms with van der Waals surface area (Å²) in [6.07, 6.45) is 5.32. The minimum atomic E-state index is -1.94. The van der Waals surface area contributed by atoms with Gasteiger partial charge in [-0.15, -0.1) is 0 Å². The maximum absolute atomic E-state index is 5.89. The zero-order chi connectivity index (χ0) is 12.2. The molecule has 0 atom stereocenters. The lowest BCUT2D eigenvalue weighted by atomic mass is 9.90. The van der Waals surface area contributed by atoms with Gasteiger partial charge >= 0.3 is 8.56 Å². The van der Waals surface area contributed by atoms with Crippen molar-refractivity contribution in [3.8, 4) is 0 Å². The first-order valence-electron chi connectivity index (χ1n) is 6.64. The SMILES string of the molecule is CO[Si](CC(C)C)(OC)C1CCC(C)CC1. The molecule has 1 rings (SSSR count). The van der Waals surface area contributed by atoms with Gasteiger partial charge < -0.3 is 8.85 Å². The average molecular weight is 244 g/mol. The Bertz CT molecular complexity index is 194. The molecular formula is C13H28O2Si. The van der Waals surface area contributed by atoms with Gasteiger partial charge in [-0.25, -0.2) is 0 Å². The van der Waals surface area contributed by atoms with Gasteiger partial charge in [0, 0.05) is 19.8 Å². The van der Waals surface area contributed by atoms with Gasteiger partial charge in [-0.3, -0.25) is 0 Å². The van der Waals surface area contributed by atoms with Crippen LogP contribution in [-0.4, -0.2) is 22.8 Å². The van der Waals surface area contributed by atoms with Crippen molar-refractivity contribution in [2.24, 2.45) is 11.8 Å². The van der Waals surface area contributed by atoms with E-state index in [1.165, 1.54) is 25.7 Å². The predicted octanol–water partition coefficient (Wildman–Crippen LogP) is 3.96. The van der Waals surface area contributed by atoms with Crippen molar-refractivity contribution in [3.05, 3.63) is 0 Å². The zero-order valence-electron chi connectivity index (χ0n) is 11.6. The van der Waals surface area contributed by atoms with Gasteiger partial charge in [-0.2, -0.15) is 0 Å². The van der Waals surface area contributed by atoms with Crippen LogP contribution in [0.15, 0.2) is 0 Å². The molecule has 0 N–H and O–H groups in total. The van der Waals surface area contributed by atoms with Crippen molar-refractivity contribution in [3.63, 3.8) is 0 Å². The third-order valence-electron chi connectivity index (χ3n) is 4.02. The fourth-order valence-electron chi connectivity index (χ4n) is 3.02. The highest BCUT2D eigenvalue weighted by Crippen LogP contribution is 2.42. The molecule has 1 fully saturated rings. The van der Waals surface area contributed by atoms with Crippen molar-refractivity contribution in [2.75, 3.05) is 14.2 Å². The first-order valence-corrected chi connectivity index (χ1v) is 8.74. The standard InChI is InChI=1S/C13H28O2Si/c1-11(2)10-16(14-4,15-5)13-8-6-12(3)7-9-13/h11-13H,6-10H2,1-5H3. The maximum Gasteiger partial charge on any atom is 0.341 e. The second kappa shape index (κ2) is 6.17. The molecule has 0 radical (unpaired) electrons. The molecule has 2 nitrogen and oxygen atoms in total. The molecular weight excluding hydrogens is 216 g/mol. The molecule has 96 valence electrons. The van der Waals surface area contributed by atoms with Crippen LogP contribution in [-0.2, 0) is 8.85 Å². The van der Waals surface area contributed by atoms with E-state index in [9.17, 15) is 0 Å².